The largest absolute Gasteiger partial charge is 0.353 e. The van der Waals surface area contributed by atoms with Gasteiger partial charge in [-0.25, -0.2) is 8.78 Å². The van der Waals surface area contributed by atoms with E-state index in [1.807, 2.05) is 0 Å². The molecular formula is C13H20BrF2NO. The lowest BCUT2D eigenvalue weighted by molar-refractivity contribution is -0.130. The van der Waals surface area contributed by atoms with Gasteiger partial charge in [0.25, 0.3) is 0 Å². The molecule has 2 rings (SSSR count). The molecule has 0 saturated heterocycles. The number of nitrogens with one attached hydrogen (secondary N) is 1. The van der Waals surface area contributed by atoms with Gasteiger partial charge in [-0.15, -0.1) is 0 Å². The third kappa shape index (κ3) is 3.90. The van der Waals surface area contributed by atoms with Crippen LogP contribution >= 0.6 is 15.9 Å². The summed E-state index contributed by atoms with van der Waals surface area (Å²) < 4.78 is 26.0. The van der Waals surface area contributed by atoms with Gasteiger partial charge in [0.1, 0.15) is 0 Å². The first kappa shape index (κ1) is 14.2. The summed E-state index contributed by atoms with van der Waals surface area (Å²) >= 11 is 3.57. The Hall–Kier alpha value is -0.190. The number of hydrogen-bond donors (Lipinski definition) is 1. The predicted octanol–water partition coefficient (Wildman–Crippen LogP) is 3.63. The van der Waals surface area contributed by atoms with Crippen molar-refractivity contribution in [3.05, 3.63) is 0 Å². The molecule has 18 heavy (non-hydrogen) atoms. The molecule has 1 amide bonds. The van der Waals surface area contributed by atoms with Crippen molar-refractivity contribution in [1.29, 1.82) is 0 Å². The third-order valence-electron chi connectivity index (χ3n) is 4.09. The quantitative estimate of drug-likeness (QED) is 0.772. The van der Waals surface area contributed by atoms with Crippen molar-refractivity contribution >= 4 is 21.8 Å². The topological polar surface area (TPSA) is 29.1 Å². The standard InChI is InChI=1S/C13H20BrF2NO/c14-10-1-3-11(4-2-10)17-12(18)9-5-7-13(15,16)8-6-9/h9-11H,1-8H2,(H,17,18). The van der Waals surface area contributed by atoms with Gasteiger partial charge in [-0.05, 0) is 38.5 Å². The van der Waals surface area contributed by atoms with Crippen LogP contribution in [0, 0.1) is 5.92 Å². The van der Waals surface area contributed by atoms with E-state index < -0.39 is 5.92 Å². The summed E-state index contributed by atoms with van der Waals surface area (Å²) in [6.45, 7) is 0. The highest BCUT2D eigenvalue weighted by Gasteiger charge is 2.37. The zero-order valence-electron chi connectivity index (χ0n) is 10.4. The van der Waals surface area contributed by atoms with Gasteiger partial charge in [0, 0.05) is 29.6 Å². The van der Waals surface area contributed by atoms with Crippen molar-refractivity contribution in [2.75, 3.05) is 0 Å². The van der Waals surface area contributed by atoms with Crippen molar-refractivity contribution in [3.8, 4) is 0 Å². The maximum Gasteiger partial charge on any atom is 0.248 e. The molecule has 0 radical (unpaired) electrons. The van der Waals surface area contributed by atoms with Gasteiger partial charge >= 0.3 is 0 Å². The molecule has 0 aromatic rings. The minimum atomic E-state index is -2.55. The molecule has 2 nitrogen and oxygen atoms in total. The zero-order chi connectivity index (χ0) is 13.2. The van der Waals surface area contributed by atoms with Crippen LogP contribution in [0.2, 0.25) is 0 Å². The third-order valence-corrected chi connectivity index (χ3v) is 5.01. The van der Waals surface area contributed by atoms with Crippen molar-refractivity contribution in [3.63, 3.8) is 0 Å². The van der Waals surface area contributed by atoms with Gasteiger partial charge < -0.3 is 5.32 Å². The molecule has 2 saturated carbocycles. The molecular weight excluding hydrogens is 304 g/mol. The average molecular weight is 324 g/mol. The van der Waals surface area contributed by atoms with E-state index in [-0.39, 0.29) is 30.7 Å². The lowest BCUT2D eigenvalue weighted by atomic mass is 9.85. The number of alkyl halides is 3. The molecule has 2 fully saturated rings. The normalized spacial score (nSPS) is 33.1. The van der Waals surface area contributed by atoms with Crippen molar-refractivity contribution in [2.24, 2.45) is 5.92 Å². The smallest absolute Gasteiger partial charge is 0.248 e. The van der Waals surface area contributed by atoms with Crippen LogP contribution in [0.4, 0.5) is 8.78 Å². The highest BCUT2D eigenvalue weighted by molar-refractivity contribution is 9.09. The Labute approximate surface area is 115 Å². The van der Waals surface area contributed by atoms with Crippen LogP contribution in [0.1, 0.15) is 51.4 Å². The van der Waals surface area contributed by atoms with E-state index in [0.717, 1.165) is 25.7 Å². The van der Waals surface area contributed by atoms with Crippen molar-refractivity contribution in [1.82, 2.24) is 5.32 Å². The Morgan fingerprint density at radius 2 is 1.61 bits per heavy atom. The van der Waals surface area contributed by atoms with Crippen LogP contribution < -0.4 is 5.32 Å². The molecule has 0 heterocycles. The summed E-state index contributed by atoms with van der Waals surface area (Å²) in [5.74, 6) is -2.76. The number of amides is 1. The summed E-state index contributed by atoms with van der Waals surface area (Å²) in [5, 5.41) is 3.03. The van der Waals surface area contributed by atoms with Gasteiger partial charge in [-0.1, -0.05) is 15.9 Å². The first-order valence-electron chi connectivity index (χ1n) is 6.78. The van der Waals surface area contributed by atoms with E-state index in [0.29, 0.717) is 17.7 Å². The van der Waals surface area contributed by atoms with E-state index in [4.69, 9.17) is 0 Å². The van der Waals surface area contributed by atoms with E-state index in [2.05, 4.69) is 21.2 Å². The number of carbonyl (C=O) groups is 1. The van der Waals surface area contributed by atoms with Gasteiger partial charge in [0.15, 0.2) is 0 Å². The molecule has 0 aliphatic heterocycles. The monoisotopic (exact) mass is 323 g/mol. The second-order valence-electron chi connectivity index (χ2n) is 5.59. The lowest BCUT2D eigenvalue weighted by Gasteiger charge is -2.31. The van der Waals surface area contributed by atoms with Crippen LogP contribution in [0.3, 0.4) is 0 Å². The summed E-state index contributed by atoms with van der Waals surface area (Å²) in [6.07, 6.45) is 4.51. The Morgan fingerprint density at radius 3 is 2.17 bits per heavy atom. The first-order chi connectivity index (χ1) is 8.46. The SMILES string of the molecule is O=C(NC1CCC(Br)CC1)C1CCC(F)(F)CC1. The van der Waals surface area contributed by atoms with E-state index in [9.17, 15) is 13.6 Å². The first-order valence-corrected chi connectivity index (χ1v) is 7.70. The van der Waals surface area contributed by atoms with Gasteiger partial charge in [0.2, 0.25) is 11.8 Å². The van der Waals surface area contributed by atoms with E-state index in [1.54, 1.807) is 0 Å². The molecule has 5 heteroatoms. The minimum Gasteiger partial charge on any atom is -0.353 e. The maximum atomic E-state index is 13.0. The van der Waals surface area contributed by atoms with E-state index >= 15 is 0 Å². The summed E-state index contributed by atoms with van der Waals surface area (Å²) in [6, 6.07) is 0.244. The maximum absolute atomic E-state index is 13.0. The lowest BCUT2D eigenvalue weighted by Crippen LogP contribution is -2.42. The number of hydrogen-bond acceptors (Lipinski definition) is 1. The molecule has 1 N–H and O–H groups in total. The summed E-state index contributed by atoms with van der Waals surface area (Å²) in [7, 11) is 0. The fourth-order valence-electron chi connectivity index (χ4n) is 2.82. The molecule has 0 spiro atoms. The molecule has 2 aliphatic carbocycles. The van der Waals surface area contributed by atoms with E-state index in [1.165, 1.54) is 0 Å². The fraction of sp³-hybridized carbons (Fsp3) is 0.923. The average Bonchev–Trinajstić information content (AvgIpc) is 2.32. The second kappa shape index (κ2) is 5.85. The summed E-state index contributed by atoms with van der Waals surface area (Å²) in [4.78, 5) is 12.6. The number of rotatable bonds is 2. The predicted molar refractivity (Wildman–Crippen MR) is 70.0 cm³/mol. The summed E-state index contributed by atoms with van der Waals surface area (Å²) in [5.41, 5.74) is 0. The minimum absolute atomic E-state index is 0.0106. The highest BCUT2D eigenvalue weighted by atomic mass is 79.9. The number of carbonyl (C=O) groups excluding carboxylic acids is 1. The molecule has 0 aromatic carbocycles. The Bertz CT molecular complexity index is 293. The van der Waals surface area contributed by atoms with Crippen molar-refractivity contribution < 1.29 is 13.6 Å². The van der Waals surface area contributed by atoms with Crippen LogP contribution in [0.5, 0.6) is 0 Å². The fourth-order valence-corrected chi connectivity index (χ4v) is 3.35. The van der Waals surface area contributed by atoms with Crippen molar-refractivity contribution in [2.45, 2.75) is 68.2 Å². The van der Waals surface area contributed by atoms with Crippen LogP contribution in [-0.4, -0.2) is 22.7 Å². The molecule has 0 aromatic heterocycles. The van der Waals surface area contributed by atoms with Gasteiger partial charge in [-0.2, -0.15) is 0 Å². The van der Waals surface area contributed by atoms with Crippen LogP contribution in [-0.2, 0) is 4.79 Å². The molecule has 0 bridgehead atoms. The Balaban J connectivity index is 1.75. The second-order valence-corrected chi connectivity index (χ2v) is 6.88. The van der Waals surface area contributed by atoms with Crippen LogP contribution in [0.25, 0.3) is 0 Å². The molecule has 0 unspecified atom stereocenters. The van der Waals surface area contributed by atoms with Gasteiger partial charge in [0.05, 0.1) is 0 Å². The van der Waals surface area contributed by atoms with Crippen LogP contribution in [0.15, 0.2) is 0 Å². The Kier molecular flexibility index (Phi) is 4.62. The molecule has 104 valence electrons. The zero-order valence-corrected chi connectivity index (χ0v) is 12.0. The Morgan fingerprint density at radius 1 is 1.06 bits per heavy atom. The molecule has 0 atom stereocenters. The number of halogens is 3. The highest BCUT2D eigenvalue weighted by Crippen LogP contribution is 2.36. The van der Waals surface area contributed by atoms with Gasteiger partial charge in [-0.3, -0.25) is 4.79 Å². The molecule has 2 aliphatic rings.